The van der Waals surface area contributed by atoms with Crippen molar-refractivity contribution in [2.75, 3.05) is 0 Å². The summed E-state index contributed by atoms with van der Waals surface area (Å²) >= 11 is 0. The molecule has 0 nitrogen and oxygen atoms in total. The first kappa shape index (κ1) is 11.1. The van der Waals surface area contributed by atoms with Gasteiger partial charge in [-0.05, 0) is 61.7 Å². The first-order chi connectivity index (χ1) is 7.83. The lowest BCUT2D eigenvalue weighted by Gasteiger charge is -2.60. The van der Waals surface area contributed by atoms with Gasteiger partial charge in [-0.15, -0.1) is 0 Å². The molecule has 1 unspecified atom stereocenters. The predicted octanol–water partition coefficient (Wildman–Crippen LogP) is 5.32. The predicted molar refractivity (Wildman–Crippen MR) is 69.4 cm³/mol. The summed E-state index contributed by atoms with van der Waals surface area (Å²) in [5, 5.41) is 0. The summed E-state index contributed by atoms with van der Waals surface area (Å²) in [5.41, 5.74) is 1.68. The zero-order valence-corrected chi connectivity index (χ0v) is 11.1. The van der Waals surface area contributed by atoms with Gasteiger partial charge in [-0.2, -0.15) is 0 Å². The Balaban J connectivity index is 1.82. The quantitative estimate of drug-likeness (QED) is 0.601. The van der Waals surface area contributed by atoms with E-state index in [0.29, 0.717) is 0 Å². The maximum absolute atomic E-state index is 2.37. The summed E-state index contributed by atoms with van der Waals surface area (Å²) in [4.78, 5) is 0. The third kappa shape index (κ3) is 1.48. The van der Waals surface area contributed by atoms with Crippen LogP contribution in [0.1, 0.15) is 84.0 Å². The second-order valence-corrected chi connectivity index (χ2v) is 6.87. The van der Waals surface area contributed by atoms with Gasteiger partial charge in [-0.3, -0.25) is 0 Å². The Kier molecular flexibility index (Phi) is 2.80. The topological polar surface area (TPSA) is 0 Å². The van der Waals surface area contributed by atoms with Crippen LogP contribution in [0.5, 0.6) is 0 Å². The summed E-state index contributed by atoms with van der Waals surface area (Å²) in [6, 6.07) is 0. The molecule has 0 amide bonds. The van der Waals surface area contributed by atoms with Crippen LogP contribution in [-0.2, 0) is 0 Å². The molecule has 0 aromatic rings. The minimum atomic E-state index is 0.833. The fraction of sp³-hybridized carbons (Fsp3) is 1.00. The fourth-order valence-electron chi connectivity index (χ4n) is 5.13. The highest BCUT2D eigenvalue weighted by atomic mass is 14.6. The van der Waals surface area contributed by atoms with Gasteiger partial charge >= 0.3 is 0 Å². The van der Waals surface area contributed by atoms with Gasteiger partial charge in [0.25, 0.3) is 0 Å². The van der Waals surface area contributed by atoms with Crippen molar-refractivity contribution < 1.29 is 0 Å². The molecule has 0 heteroatoms. The van der Waals surface area contributed by atoms with E-state index in [4.69, 9.17) is 0 Å². The van der Waals surface area contributed by atoms with Gasteiger partial charge in [0.15, 0.2) is 0 Å². The van der Waals surface area contributed by atoms with Crippen molar-refractivity contribution in [3.8, 4) is 0 Å². The maximum atomic E-state index is 2.37. The van der Waals surface area contributed by atoms with Crippen LogP contribution in [0.4, 0.5) is 0 Å². The molecule has 0 saturated heterocycles. The van der Waals surface area contributed by atoms with Crippen molar-refractivity contribution in [3.05, 3.63) is 0 Å². The van der Waals surface area contributed by atoms with Crippen LogP contribution in [0.3, 0.4) is 0 Å². The Bertz CT molecular complexity index is 247. The lowest BCUT2D eigenvalue weighted by atomic mass is 9.44. The summed E-state index contributed by atoms with van der Waals surface area (Å²) < 4.78 is 0. The third-order valence-electron chi connectivity index (χ3n) is 6.23. The van der Waals surface area contributed by atoms with Gasteiger partial charge in [0, 0.05) is 0 Å². The highest BCUT2D eigenvalue weighted by Gasteiger charge is 2.60. The van der Waals surface area contributed by atoms with E-state index in [2.05, 4.69) is 6.92 Å². The van der Waals surface area contributed by atoms with Gasteiger partial charge in [-0.25, -0.2) is 0 Å². The van der Waals surface area contributed by atoms with Gasteiger partial charge in [0.05, 0.1) is 0 Å². The Morgan fingerprint density at radius 2 is 1.62 bits per heavy atom. The normalized spacial score (nSPS) is 37.3. The third-order valence-corrected chi connectivity index (χ3v) is 6.23. The van der Waals surface area contributed by atoms with Crippen LogP contribution >= 0.6 is 0 Å². The number of rotatable bonds is 4. The van der Waals surface area contributed by atoms with Gasteiger partial charge in [0.2, 0.25) is 0 Å². The molecular weight excluding hydrogens is 192 g/mol. The molecule has 0 N–H and O–H groups in total. The molecular formula is C16H28. The monoisotopic (exact) mass is 220 g/mol. The molecule has 0 aromatic carbocycles. The molecule has 1 atom stereocenters. The van der Waals surface area contributed by atoms with E-state index in [1.165, 1.54) is 12.8 Å². The SMILES string of the molecule is CCCCC1(C2CC2)CCCCC12CCC2. The summed E-state index contributed by atoms with van der Waals surface area (Å²) in [5.74, 6) is 1.15. The minimum Gasteiger partial charge on any atom is -0.0654 e. The molecule has 0 aliphatic heterocycles. The molecule has 0 bridgehead atoms. The molecule has 0 heterocycles. The van der Waals surface area contributed by atoms with Gasteiger partial charge in [-0.1, -0.05) is 39.0 Å². The lowest BCUT2D eigenvalue weighted by molar-refractivity contribution is -0.101. The van der Waals surface area contributed by atoms with E-state index >= 15 is 0 Å². The molecule has 3 aliphatic rings. The second-order valence-electron chi connectivity index (χ2n) is 6.87. The highest BCUT2D eigenvalue weighted by Crippen LogP contribution is 2.70. The Hall–Kier alpha value is 0. The summed E-state index contributed by atoms with van der Waals surface area (Å²) in [6.07, 6.45) is 18.6. The second kappa shape index (κ2) is 4.03. The molecule has 92 valence electrons. The van der Waals surface area contributed by atoms with E-state index in [9.17, 15) is 0 Å². The van der Waals surface area contributed by atoms with Crippen molar-refractivity contribution in [2.45, 2.75) is 84.0 Å². The van der Waals surface area contributed by atoms with Gasteiger partial charge < -0.3 is 0 Å². The Morgan fingerprint density at radius 1 is 0.938 bits per heavy atom. The van der Waals surface area contributed by atoms with Crippen LogP contribution in [0, 0.1) is 16.7 Å². The van der Waals surface area contributed by atoms with E-state index < -0.39 is 0 Å². The molecule has 0 radical (unpaired) electrons. The van der Waals surface area contributed by atoms with Gasteiger partial charge in [0.1, 0.15) is 0 Å². The first-order valence-corrected chi connectivity index (χ1v) is 7.83. The highest BCUT2D eigenvalue weighted by molar-refractivity contribution is 5.10. The minimum absolute atomic E-state index is 0.833. The number of unbranched alkanes of at least 4 members (excludes halogenated alkanes) is 1. The smallest absolute Gasteiger partial charge is 0.0213 e. The largest absolute Gasteiger partial charge is 0.0654 e. The average Bonchev–Trinajstić information content (AvgIpc) is 3.08. The summed E-state index contributed by atoms with van der Waals surface area (Å²) in [7, 11) is 0. The van der Waals surface area contributed by atoms with Crippen LogP contribution < -0.4 is 0 Å². The molecule has 16 heavy (non-hydrogen) atoms. The standard InChI is InChI=1S/C16H28/c1-2-3-12-16(14-7-8-14)13-5-4-9-15(16)10-6-11-15/h14H,2-13H2,1H3. The zero-order chi connectivity index (χ0) is 11.1. The number of hydrogen-bond donors (Lipinski definition) is 0. The molecule has 0 aromatic heterocycles. The molecule has 3 fully saturated rings. The number of hydrogen-bond acceptors (Lipinski definition) is 0. The van der Waals surface area contributed by atoms with E-state index in [0.717, 1.165) is 16.7 Å². The van der Waals surface area contributed by atoms with E-state index in [1.807, 2.05) is 0 Å². The van der Waals surface area contributed by atoms with E-state index in [1.54, 1.807) is 64.2 Å². The lowest BCUT2D eigenvalue weighted by Crippen LogP contribution is -2.50. The van der Waals surface area contributed by atoms with Crippen molar-refractivity contribution in [1.29, 1.82) is 0 Å². The van der Waals surface area contributed by atoms with Crippen molar-refractivity contribution in [2.24, 2.45) is 16.7 Å². The Labute approximate surface area is 101 Å². The summed E-state index contributed by atoms with van der Waals surface area (Å²) in [6.45, 7) is 2.37. The molecule has 1 spiro atoms. The van der Waals surface area contributed by atoms with Crippen molar-refractivity contribution >= 4 is 0 Å². The Morgan fingerprint density at radius 3 is 2.19 bits per heavy atom. The van der Waals surface area contributed by atoms with E-state index in [-0.39, 0.29) is 0 Å². The maximum Gasteiger partial charge on any atom is -0.0213 e. The van der Waals surface area contributed by atoms with Crippen LogP contribution in [0.2, 0.25) is 0 Å². The van der Waals surface area contributed by atoms with Crippen molar-refractivity contribution in [3.63, 3.8) is 0 Å². The average molecular weight is 220 g/mol. The van der Waals surface area contributed by atoms with Crippen molar-refractivity contribution in [1.82, 2.24) is 0 Å². The molecule has 3 aliphatic carbocycles. The zero-order valence-electron chi connectivity index (χ0n) is 11.1. The van der Waals surface area contributed by atoms with Crippen LogP contribution in [-0.4, -0.2) is 0 Å². The first-order valence-electron chi connectivity index (χ1n) is 7.83. The molecule has 3 saturated carbocycles. The fourth-order valence-corrected chi connectivity index (χ4v) is 5.13. The van der Waals surface area contributed by atoms with Crippen LogP contribution in [0.25, 0.3) is 0 Å². The van der Waals surface area contributed by atoms with Crippen LogP contribution in [0.15, 0.2) is 0 Å². The molecule has 3 rings (SSSR count).